The van der Waals surface area contributed by atoms with Crippen molar-refractivity contribution in [3.05, 3.63) is 65.7 Å². The predicted octanol–water partition coefficient (Wildman–Crippen LogP) is 3.58. The van der Waals surface area contributed by atoms with Crippen LogP contribution < -0.4 is 4.74 Å². The lowest BCUT2D eigenvalue weighted by Gasteiger charge is -2.22. The van der Waals surface area contributed by atoms with Crippen molar-refractivity contribution < 1.29 is 23.8 Å². The van der Waals surface area contributed by atoms with Gasteiger partial charge in [0, 0.05) is 12.5 Å². The van der Waals surface area contributed by atoms with E-state index in [9.17, 15) is 9.59 Å². The molecule has 6 nitrogen and oxygen atoms in total. The molecule has 1 aliphatic rings. The van der Waals surface area contributed by atoms with Gasteiger partial charge < -0.3 is 23.9 Å². The summed E-state index contributed by atoms with van der Waals surface area (Å²) in [7, 11) is 1.63. The maximum absolute atomic E-state index is 12.5. The number of benzene rings is 2. The summed E-state index contributed by atoms with van der Waals surface area (Å²) in [5.41, 5.74) is 1.95. The van der Waals surface area contributed by atoms with Crippen LogP contribution in [0.2, 0.25) is 0 Å². The number of rotatable bonds is 8. The molecule has 3 rings (SSSR count). The number of nitrogens with zero attached hydrogens (tertiary/aromatic N) is 1. The number of methoxy groups -OCH3 is 1. The average Bonchev–Trinajstić information content (AvgIpc) is 3.15. The standard InChI is InChI=1S/C22H25NO5/c1-26-20-9-7-18(8-10-20)15-27-21-13-19(11-12-24)23(14-21)22(25)28-16-17-5-3-2-4-6-17/h2-10,12,19,21H,11,13-16H2,1H3/t19-,21-/m1/s1. The van der Waals surface area contributed by atoms with E-state index in [2.05, 4.69) is 0 Å². The topological polar surface area (TPSA) is 65.1 Å². The lowest BCUT2D eigenvalue weighted by molar-refractivity contribution is -0.108. The molecule has 1 heterocycles. The molecule has 1 amide bonds. The van der Waals surface area contributed by atoms with Crippen molar-refractivity contribution in [1.82, 2.24) is 4.90 Å². The van der Waals surface area contributed by atoms with Crippen LogP contribution in [0.5, 0.6) is 5.75 Å². The van der Waals surface area contributed by atoms with Crippen molar-refractivity contribution in [2.45, 2.75) is 38.2 Å². The van der Waals surface area contributed by atoms with Crippen LogP contribution in [0.1, 0.15) is 24.0 Å². The number of amides is 1. The van der Waals surface area contributed by atoms with Crippen LogP contribution in [0, 0.1) is 0 Å². The molecule has 0 N–H and O–H groups in total. The molecule has 1 fully saturated rings. The first-order valence-electron chi connectivity index (χ1n) is 9.35. The zero-order chi connectivity index (χ0) is 19.8. The summed E-state index contributed by atoms with van der Waals surface area (Å²) in [5, 5.41) is 0. The van der Waals surface area contributed by atoms with Gasteiger partial charge in [-0.25, -0.2) is 4.79 Å². The fraction of sp³-hybridized carbons (Fsp3) is 0.364. The largest absolute Gasteiger partial charge is 0.497 e. The Kier molecular flexibility index (Phi) is 7.03. The summed E-state index contributed by atoms with van der Waals surface area (Å²) in [4.78, 5) is 25.1. The van der Waals surface area contributed by atoms with Crippen LogP contribution >= 0.6 is 0 Å². The Hall–Kier alpha value is -2.86. The Labute approximate surface area is 165 Å². The van der Waals surface area contributed by atoms with Gasteiger partial charge in [-0.15, -0.1) is 0 Å². The number of hydrogen-bond acceptors (Lipinski definition) is 5. The monoisotopic (exact) mass is 383 g/mol. The number of likely N-dealkylation sites (tertiary alicyclic amines) is 1. The van der Waals surface area contributed by atoms with Gasteiger partial charge in [0.2, 0.25) is 0 Å². The molecule has 6 heteroatoms. The molecule has 1 aliphatic heterocycles. The van der Waals surface area contributed by atoms with Crippen molar-refractivity contribution in [2.24, 2.45) is 0 Å². The molecule has 0 bridgehead atoms. The molecule has 0 spiro atoms. The van der Waals surface area contributed by atoms with Gasteiger partial charge in [0.25, 0.3) is 0 Å². The third kappa shape index (κ3) is 5.33. The summed E-state index contributed by atoms with van der Waals surface area (Å²) in [6.07, 6.45) is 1.20. The number of ether oxygens (including phenoxy) is 3. The van der Waals surface area contributed by atoms with Gasteiger partial charge in [0.05, 0.1) is 26.4 Å². The van der Waals surface area contributed by atoms with Gasteiger partial charge in [-0.3, -0.25) is 0 Å². The second-order valence-electron chi connectivity index (χ2n) is 6.77. The zero-order valence-corrected chi connectivity index (χ0v) is 16.0. The van der Waals surface area contributed by atoms with Gasteiger partial charge in [-0.1, -0.05) is 42.5 Å². The van der Waals surface area contributed by atoms with Gasteiger partial charge in [-0.2, -0.15) is 0 Å². The van der Waals surface area contributed by atoms with Gasteiger partial charge in [-0.05, 0) is 29.7 Å². The highest BCUT2D eigenvalue weighted by Gasteiger charge is 2.36. The second-order valence-corrected chi connectivity index (χ2v) is 6.77. The number of aldehydes is 1. The number of carbonyl (C=O) groups is 2. The molecule has 2 atom stereocenters. The van der Waals surface area contributed by atoms with E-state index in [1.165, 1.54) is 0 Å². The van der Waals surface area contributed by atoms with E-state index in [4.69, 9.17) is 14.2 Å². The third-order valence-corrected chi connectivity index (χ3v) is 4.83. The fourth-order valence-electron chi connectivity index (χ4n) is 3.29. The Morgan fingerprint density at radius 3 is 2.46 bits per heavy atom. The van der Waals surface area contributed by atoms with Gasteiger partial charge >= 0.3 is 6.09 Å². The van der Waals surface area contributed by atoms with Crippen LogP contribution in [0.25, 0.3) is 0 Å². The minimum Gasteiger partial charge on any atom is -0.497 e. The maximum Gasteiger partial charge on any atom is 0.410 e. The molecule has 0 aliphatic carbocycles. The van der Waals surface area contributed by atoms with Crippen molar-refractivity contribution in [2.75, 3.05) is 13.7 Å². The predicted molar refractivity (Wildman–Crippen MR) is 104 cm³/mol. The summed E-state index contributed by atoms with van der Waals surface area (Å²) < 4.78 is 16.6. The molecule has 148 valence electrons. The number of carbonyl (C=O) groups excluding carboxylic acids is 2. The Morgan fingerprint density at radius 2 is 1.79 bits per heavy atom. The molecule has 0 aromatic heterocycles. The average molecular weight is 383 g/mol. The molecule has 2 aromatic rings. The van der Waals surface area contributed by atoms with E-state index in [0.717, 1.165) is 23.2 Å². The molecule has 1 saturated heterocycles. The van der Waals surface area contributed by atoms with Crippen LogP contribution in [-0.4, -0.2) is 43.1 Å². The van der Waals surface area contributed by atoms with Crippen LogP contribution in [0.15, 0.2) is 54.6 Å². The highest BCUT2D eigenvalue weighted by Crippen LogP contribution is 2.25. The van der Waals surface area contributed by atoms with E-state index in [1.807, 2.05) is 54.6 Å². The fourth-order valence-corrected chi connectivity index (χ4v) is 3.29. The second kappa shape index (κ2) is 9.90. The number of hydrogen-bond donors (Lipinski definition) is 0. The first-order valence-corrected chi connectivity index (χ1v) is 9.35. The van der Waals surface area contributed by atoms with Gasteiger partial charge in [0.15, 0.2) is 0 Å². The van der Waals surface area contributed by atoms with Crippen molar-refractivity contribution >= 4 is 12.4 Å². The molecule has 0 radical (unpaired) electrons. The van der Waals surface area contributed by atoms with E-state index in [1.54, 1.807) is 12.0 Å². The maximum atomic E-state index is 12.5. The molecule has 0 saturated carbocycles. The quantitative estimate of drug-likeness (QED) is 0.652. The molecule has 2 aromatic carbocycles. The molecular weight excluding hydrogens is 358 g/mol. The van der Waals surface area contributed by atoms with Crippen LogP contribution in [0.4, 0.5) is 4.79 Å². The smallest absolute Gasteiger partial charge is 0.410 e. The van der Waals surface area contributed by atoms with E-state index < -0.39 is 6.09 Å². The zero-order valence-electron chi connectivity index (χ0n) is 16.0. The Morgan fingerprint density at radius 1 is 1.07 bits per heavy atom. The normalized spacial score (nSPS) is 18.7. The van der Waals surface area contributed by atoms with E-state index in [0.29, 0.717) is 19.6 Å². The summed E-state index contributed by atoms with van der Waals surface area (Å²) >= 11 is 0. The highest BCUT2D eigenvalue weighted by molar-refractivity contribution is 5.69. The molecule has 0 unspecified atom stereocenters. The lowest BCUT2D eigenvalue weighted by atomic mass is 10.1. The van der Waals surface area contributed by atoms with Crippen molar-refractivity contribution in [1.29, 1.82) is 0 Å². The highest BCUT2D eigenvalue weighted by atomic mass is 16.6. The van der Waals surface area contributed by atoms with Gasteiger partial charge in [0.1, 0.15) is 18.6 Å². The van der Waals surface area contributed by atoms with Crippen molar-refractivity contribution in [3.8, 4) is 5.75 Å². The lowest BCUT2D eigenvalue weighted by Crippen LogP contribution is -2.36. The minimum absolute atomic E-state index is 0.128. The first-order chi connectivity index (χ1) is 13.7. The molecule has 28 heavy (non-hydrogen) atoms. The minimum atomic E-state index is -0.411. The summed E-state index contributed by atoms with van der Waals surface area (Å²) in [6.45, 7) is 1.07. The van der Waals surface area contributed by atoms with Crippen molar-refractivity contribution in [3.63, 3.8) is 0 Å². The Bertz CT molecular complexity index is 762. The van der Waals surface area contributed by atoms with E-state index >= 15 is 0 Å². The summed E-state index contributed by atoms with van der Waals surface area (Å²) in [5.74, 6) is 0.794. The third-order valence-electron chi connectivity index (χ3n) is 4.83. The van der Waals surface area contributed by atoms with E-state index in [-0.39, 0.29) is 25.2 Å². The molecular formula is C22H25NO5. The SMILES string of the molecule is COc1ccc(CO[C@@H]2C[C@@H](CC=O)N(C(=O)OCc3ccccc3)C2)cc1. The summed E-state index contributed by atoms with van der Waals surface area (Å²) in [6, 6.07) is 17.0. The van der Waals surface area contributed by atoms with Crippen LogP contribution in [0.3, 0.4) is 0 Å². The Balaban J connectivity index is 1.53. The first kappa shape index (κ1) is 19.9. The van der Waals surface area contributed by atoms with Crippen LogP contribution in [-0.2, 0) is 27.5 Å².